The van der Waals surface area contributed by atoms with Gasteiger partial charge in [-0.25, -0.2) is 0 Å². The van der Waals surface area contributed by atoms with E-state index in [9.17, 15) is 4.79 Å². The third kappa shape index (κ3) is 6.26. The van der Waals surface area contributed by atoms with Gasteiger partial charge in [0.1, 0.15) is 5.76 Å². The number of carbonyl (C=O) groups is 1. The van der Waals surface area contributed by atoms with Crippen LogP contribution in [0.5, 0.6) is 0 Å². The highest BCUT2D eigenvalue weighted by molar-refractivity contribution is 5.80. The summed E-state index contributed by atoms with van der Waals surface area (Å²) in [6.07, 6.45) is 19.7. The molecule has 0 saturated heterocycles. The zero-order valence-corrected chi connectivity index (χ0v) is 14.8. The molecule has 1 amide bonds. The second-order valence-electron chi connectivity index (χ2n) is 6.37. The van der Waals surface area contributed by atoms with Gasteiger partial charge in [0.25, 0.3) is 5.91 Å². The van der Waals surface area contributed by atoms with Crippen molar-refractivity contribution in [1.29, 1.82) is 0 Å². The minimum atomic E-state index is -0.0270. The third-order valence-corrected chi connectivity index (χ3v) is 4.37. The van der Waals surface area contributed by atoms with Gasteiger partial charge in [-0.2, -0.15) is 5.48 Å². The molecule has 1 N–H and O–H groups in total. The van der Waals surface area contributed by atoms with Gasteiger partial charge < -0.3 is 9.57 Å². The van der Waals surface area contributed by atoms with Gasteiger partial charge >= 0.3 is 0 Å². The summed E-state index contributed by atoms with van der Waals surface area (Å²) in [6.45, 7) is 2.21. The van der Waals surface area contributed by atoms with Gasteiger partial charge in [0.05, 0.1) is 7.11 Å². The summed E-state index contributed by atoms with van der Waals surface area (Å²) in [4.78, 5) is 17.5. The number of methoxy groups -OCH3 is 1. The normalized spacial score (nSPS) is 22.6. The Morgan fingerprint density at radius 3 is 3.00 bits per heavy atom. The number of allylic oxidation sites excluding steroid dienone is 6. The van der Waals surface area contributed by atoms with Crippen molar-refractivity contribution in [3.63, 3.8) is 0 Å². The zero-order chi connectivity index (χ0) is 17.2. The summed E-state index contributed by atoms with van der Waals surface area (Å²) < 4.78 is 5.21. The lowest BCUT2D eigenvalue weighted by Gasteiger charge is -2.08. The number of hydrogen-bond acceptors (Lipinski definition) is 3. The van der Waals surface area contributed by atoms with Gasteiger partial charge in [0, 0.05) is 12.0 Å². The molecule has 2 aliphatic carbocycles. The minimum absolute atomic E-state index is 0.0270. The van der Waals surface area contributed by atoms with Crippen molar-refractivity contribution < 1.29 is 14.4 Å². The van der Waals surface area contributed by atoms with Crippen LogP contribution in [0.1, 0.15) is 51.9 Å². The lowest BCUT2D eigenvalue weighted by molar-refractivity contribution is -0.132. The summed E-state index contributed by atoms with van der Waals surface area (Å²) in [5.41, 5.74) is 2.57. The maximum absolute atomic E-state index is 12.1. The smallest absolute Gasteiger partial charge is 0.255 e. The molecular formula is C20H29NO3. The molecule has 0 bridgehead atoms. The first kappa shape index (κ1) is 18.4. The quantitative estimate of drug-likeness (QED) is 0.362. The maximum Gasteiger partial charge on any atom is 0.255 e. The number of amides is 1. The van der Waals surface area contributed by atoms with E-state index in [4.69, 9.17) is 9.57 Å². The summed E-state index contributed by atoms with van der Waals surface area (Å²) in [5, 5.41) is 0. The van der Waals surface area contributed by atoms with Crippen LogP contribution >= 0.6 is 0 Å². The van der Waals surface area contributed by atoms with Gasteiger partial charge in [0.2, 0.25) is 0 Å². The number of carbonyl (C=O) groups excluding carboxylic acids is 1. The van der Waals surface area contributed by atoms with Gasteiger partial charge in [-0.1, -0.05) is 38.0 Å². The van der Waals surface area contributed by atoms with E-state index in [0.29, 0.717) is 11.7 Å². The Morgan fingerprint density at radius 1 is 1.33 bits per heavy atom. The SMILES string of the molecule is CCCCC/C=C\CC1CC1C(=O)NOC1=CC(OC)=CCC=C1. The molecule has 0 aromatic heterocycles. The van der Waals surface area contributed by atoms with Crippen molar-refractivity contribution >= 4 is 5.91 Å². The third-order valence-electron chi connectivity index (χ3n) is 4.37. The average molecular weight is 331 g/mol. The first-order chi connectivity index (χ1) is 11.7. The second kappa shape index (κ2) is 10.0. The molecule has 2 aliphatic rings. The molecule has 4 heteroatoms. The fourth-order valence-electron chi connectivity index (χ4n) is 2.74. The maximum atomic E-state index is 12.1. The van der Waals surface area contributed by atoms with Gasteiger partial charge in [-0.3, -0.25) is 4.79 Å². The molecule has 0 heterocycles. The second-order valence-corrected chi connectivity index (χ2v) is 6.37. The Morgan fingerprint density at radius 2 is 2.21 bits per heavy atom. The van der Waals surface area contributed by atoms with Crippen molar-refractivity contribution in [2.24, 2.45) is 11.8 Å². The number of nitrogens with one attached hydrogen (secondary N) is 1. The van der Waals surface area contributed by atoms with E-state index in [1.54, 1.807) is 13.2 Å². The van der Waals surface area contributed by atoms with E-state index < -0.39 is 0 Å². The zero-order valence-electron chi connectivity index (χ0n) is 14.8. The Labute approximate surface area is 145 Å². The predicted octanol–water partition coefficient (Wildman–Crippen LogP) is 4.57. The highest BCUT2D eigenvalue weighted by atomic mass is 16.7. The Hall–Kier alpha value is -1.97. The van der Waals surface area contributed by atoms with E-state index in [0.717, 1.165) is 31.4 Å². The van der Waals surface area contributed by atoms with E-state index in [-0.39, 0.29) is 11.8 Å². The molecule has 2 unspecified atom stereocenters. The van der Waals surface area contributed by atoms with Crippen LogP contribution in [0.2, 0.25) is 0 Å². The first-order valence-corrected chi connectivity index (χ1v) is 8.98. The Balaban J connectivity index is 1.65. The van der Waals surface area contributed by atoms with Crippen LogP contribution in [-0.2, 0) is 14.4 Å². The molecule has 24 heavy (non-hydrogen) atoms. The molecule has 0 aromatic carbocycles. The first-order valence-electron chi connectivity index (χ1n) is 8.98. The fourth-order valence-corrected chi connectivity index (χ4v) is 2.74. The van der Waals surface area contributed by atoms with Gasteiger partial charge in [-0.15, -0.1) is 0 Å². The van der Waals surface area contributed by atoms with Crippen molar-refractivity contribution in [2.75, 3.05) is 7.11 Å². The lowest BCUT2D eigenvalue weighted by atomic mass is 10.1. The highest BCUT2D eigenvalue weighted by Gasteiger charge is 2.42. The molecule has 1 fully saturated rings. The monoisotopic (exact) mass is 331 g/mol. The van der Waals surface area contributed by atoms with Crippen molar-refractivity contribution in [3.8, 4) is 0 Å². The number of unbranched alkanes of at least 4 members (excludes halogenated alkanes) is 3. The van der Waals surface area contributed by atoms with E-state index >= 15 is 0 Å². The Kier molecular flexibility index (Phi) is 7.66. The van der Waals surface area contributed by atoms with Crippen molar-refractivity contribution in [3.05, 3.63) is 48.0 Å². The minimum Gasteiger partial charge on any atom is -0.497 e. The molecule has 2 atom stereocenters. The number of rotatable bonds is 10. The van der Waals surface area contributed by atoms with Crippen molar-refractivity contribution in [2.45, 2.75) is 51.9 Å². The predicted molar refractivity (Wildman–Crippen MR) is 95.7 cm³/mol. The van der Waals surface area contributed by atoms with Crippen LogP contribution in [0.15, 0.2) is 48.0 Å². The van der Waals surface area contributed by atoms with Crippen LogP contribution < -0.4 is 5.48 Å². The highest BCUT2D eigenvalue weighted by Crippen LogP contribution is 2.41. The summed E-state index contributed by atoms with van der Waals surface area (Å²) in [5.74, 6) is 1.84. The van der Waals surface area contributed by atoms with E-state index in [1.807, 2.05) is 18.2 Å². The molecule has 132 valence electrons. The van der Waals surface area contributed by atoms with Crippen LogP contribution in [-0.4, -0.2) is 13.0 Å². The summed E-state index contributed by atoms with van der Waals surface area (Å²) >= 11 is 0. The molecule has 1 saturated carbocycles. The summed E-state index contributed by atoms with van der Waals surface area (Å²) in [6, 6.07) is 0. The standard InChI is InChI=1S/C20H29NO3/c1-3-4-5-6-7-8-11-16-14-19(16)20(22)21-24-18-13-10-9-12-17(15-18)23-2/h7-8,10,12-13,15-16,19H,3-6,9,11,14H2,1-2H3,(H,21,22)/b8-7-. The van der Waals surface area contributed by atoms with Crippen LogP contribution in [0.25, 0.3) is 0 Å². The largest absolute Gasteiger partial charge is 0.497 e. The van der Waals surface area contributed by atoms with Crippen molar-refractivity contribution in [1.82, 2.24) is 5.48 Å². The fraction of sp³-hybridized carbons (Fsp3) is 0.550. The number of hydrogen-bond donors (Lipinski definition) is 1. The number of hydroxylamine groups is 1. The van der Waals surface area contributed by atoms with E-state index in [1.165, 1.54) is 19.3 Å². The van der Waals surface area contributed by atoms with Crippen LogP contribution in [0.4, 0.5) is 0 Å². The Bertz CT molecular complexity index is 531. The molecule has 0 radical (unpaired) electrons. The molecule has 0 spiro atoms. The number of ether oxygens (including phenoxy) is 1. The molecular weight excluding hydrogens is 302 g/mol. The van der Waals surface area contributed by atoms with E-state index in [2.05, 4.69) is 24.6 Å². The van der Waals surface area contributed by atoms with Gasteiger partial charge in [0.15, 0.2) is 5.76 Å². The van der Waals surface area contributed by atoms with Crippen LogP contribution in [0.3, 0.4) is 0 Å². The molecule has 0 aliphatic heterocycles. The molecule has 0 aromatic rings. The molecule has 2 rings (SSSR count). The van der Waals surface area contributed by atoms with Gasteiger partial charge in [-0.05, 0) is 50.2 Å². The van der Waals surface area contributed by atoms with Crippen LogP contribution in [0, 0.1) is 11.8 Å². The molecule has 4 nitrogen and oxygen atoms in total. The lowest BCUT2D eigenvalue weighted by Crippen LogP contribution is -2.25. The average Bonchev–Trinajstić information content (AvgIpc) is 3.39. The summed E-state index contributed by atoms with van der Waals surface area (Å²) in [7, 11) is 1.62. The topological polar surface area (TPSA) is 47.6 Å².